The molecule has 2 aromatic heterocycles. The van der Waals surface area contributed by atoms with Gasteiger partial charge in [-0.2, -0.15) is 5.10 Å². The van der Waals surface area contributed by atoms with Gasteiger partial charge in [-0.1, -0.05) is 11.3 Å². The lowest BCUT2D eigenvalue weighted by Crippen LogP contribution is -2.17. The summed E-state index contributed by atoms with van der Waals surface area (Å²) in [4.78, 5) is 30.1. The lowest BCUT2D eigenvalue weighted by atomic mass is 10.3. The van der Waals surface area contributed by atoms with Gasteiger partial charge in [0.1, 0.15) is 5.69 Å². The molecule has 1 amide bonds. The second kappa shape index (κ2) is 6.04. The lowest BCUT2D eigenvalue weighted by Gasteiger charge is -2.11. The zero-order valence-electron chi connectivity index (χ0n) is 12.8. The molecule has 1 saturated heterocycles. The first kappa shape index (κ1) is 14.8. The summed E-state index contributed by atoms with van der Waals surface area (Å²) >= 11 is 1.63. The number of carbonyl (C=O) groups excluding carboxylic acids is 1. The zero-order valence-corrected chi connectivity index (χ0v) is 13.6. The van der Waals surface area contributed by atoms with Crippen LogP contribution in [-0.2, 0) is 0 Å². The van der Waals surface area contributed by atoms with Crippen molar-refractivity contribution >= 4 is 38.3 Å². The van der Waals surface area contributed by atoms with E-state index in [2.05, 4.69) is 25.4 Å². The molecular weight excluding hydrogens is 326 g/mol. The summed E-state index contributed by atoms with van der Waals surface area (Å²) in [6, 6.07) is 8.30. The fourth-order valence-corrected chi connectivity index (χ4v) is 3.76. The van der Waals surface area contributed by atoms with Gasteiger partial charge in [0.15, 0.2) is 5.13 Å². The van der Waals surface area contributed by atoms with Crippen LogP contribution in [0.5, 0.6) is 0 Å². The standard InChI is InChI=1S/C16H15N5O2S/c22-14-6-5-12(19-20-14)15(23)17-10-3-4-11-13(9-10)24-16(18-11)21-7-1-2-8-21/h3-6,9H,1-2,7-8H2,(H,17,23)(H,20,22). The van der Waals surface area contributed by atoms with Crippen LogP contribution in [0.25, 0.3) is 10.2 Å². The summed E-state index contributed by atoms with van der Waals surface area (Å²) in [5, 5.41) is 9.80. The third-order valence-corrected chi connectivity index (χ3v) is 5.00. The van der Waals surface area contributed by atoms with Gasteiger partial charge in [0, 0.05) is 24.8 Å². The van der Waals surface area contributed by atoms with Crippen LogP contribution < -0.4 is 15.8 Å². The van der Waals surface area contributed by atoms with Crippen LogP contribution in [-0.4, -0.2) is 34.2 Å². The molecule has 3 aromatic rings. The van der Waals surface area contributed by atoms with Crippen LogP contribution in [0.4, 0.5) is 10.8 Å². The van der Waals surface area contributed by atoms with Crippen LogP contribution in [0.15, 0.2) is 35.1 Å². The van der Waals surface area contributed by atoms with Crippen LogP contribution in [0, 0.1) is 0 Å². The van der Waals surface area contributed by atoms with Crippen molar-refractivity contribution in [3.8, 4) is 0 Å². The van der Waals surface area contributed by atoms with Gasteiger partial charge in [-0.05, 0) is 37.1 Å². The van der Waals surface area contributed by atoms with E-state index in [1.54, 1.807) is 11.3 Å². The van der Waals surface area contributed by atoms with Gasteiger partial charge in [-0.3, -0.25) is 9.59 Å². The third kappa shape index (κ3) is 2.88. The second-order valence-corrected chi connectivity index (χ2v) is 6.64. The Morgan fingerprint density at radius 2 is 2.04 bits per heavy atom. The Morgan fingerprint density at radius 3 is 2.79 bits per heavy atom. The fourth-order valence-electron chi connectivity index (χ4n) is 2.70. The molecule has 0 spiro atoms. The minimum Gasteiger partial charge on any atom is -0.348 e. The van der Waals surface area contributed by atoms with Crippen molar-refractivity contribution in [1.29, 1.82) is 0 Å². The average Bonchev–Trinajstić information content (AvgIpc) is 3.24. The Labute approximate surface area is 141 Å². The average molecular weight is 341 g/mol. The van der Waals surface area contributed by atoms with E-state index in [1.807, 2.05) is 18.2 Å². The van der Waals surface area contributed by atoms with E-state index in [9.17, 15) is 9.59 Å². The Morgan fingerprint density at radius 1 is 1.21 bits per heavy atom. The number of rotatable bonds is 3. The number of aromatic nitrogens is 3. The maximum absolute atomic E-state index is 12.2. The predicted octanol–water partition coefficient (Wildman–Crippen LogP) is 2.23. The summed E-state index contributed by atoms with van der Waals surface area (Å²) in [5.41, 5.74) is 1.43. The van der Waals surface area contributed by atoms with Crippen molar-refractivity contribution in [3.63, 3.8) is 0 Å². The molecule has 0 aliphatic carbocycles. The molecule has 122 valence electrons. The summed E-state index contributed by atoms with van der Waals surface area (Å²) in [6.07, 6.45) is 2.42. The molecule has 0 bridgehead atoms. The first-order chi connectivity index (χ1) is 11.7. The fraction of sp³-hybridized carbons (Fsp3) is 0.250. The molecule has 2 N–H and O–H groups in total. The monoisotopic (exact) mass is 341 g/mol. The molecule has 0 radical (unpaired) electrons. The van der Waals surface area contributed by atoms with Gasteiger partial charge < -0.3 is 10.2 Å². The third-order valence-electron chi connectivity index (χ3n) is 3.92. The Hall–Kier alpha value is -2.74. The summed E-state index contributed by atoms with van der Waals surface area (Å²) in [6.45, 7) is 2.11. The molecule has 1 aromatic carbocycles. The summed E-state index contributed by atoms with van der Waals surface area (Å²) < 4.78 is 1.03. The number of benzene rings is 1. The highest BCUT2D eigenvalue weighted by Gasteiger charge is 2.16. The first-order valence-electron chi connectivity index (χ1n) is 7.72. The number of thiazole rings is 1. The van der Waals surface area contributed by atoms with E-state index in [0.717, 1.165) is 28.4 Å². The number of hydrogen-bond acceptors (Lipinski definition) is 6. The van der Waals surface area contributed by atoms with Crippen molar-refractivity contribution in [2.24, 2.45) is 0 Å². The number of amides is 1. The van der Waals surface area contributed by atoms with Gasteiger partial charge in [0.05, 0.1) is 10.2 Å². The molecule has 24 heavy (non-hydrogen) atoms. The van der Waals surface area contributed by atoms with Gasteiger partial charge in [-0.25, -0.2) is 10.1 Å². The molecule has 4 rings (SSSR count). The van der Waals surface area contributed by atoms with Crippen molar-refractivity contribution in [2.75, 3.05) is 23.3 Å². The van der Waals surface area contributed by atoms with Crippen molar-refractivity contribution in [1.82, 2.24) is 15.2 Å². The number of H-pyrrole nitrogens is 1. The van der Waals surface area contributed by atoms with E-state index >= 15 is 0 Å². The molecule has 0 atom stereocenters. The Kier molecular flexibility index (Phi) is 3.73. The van der Waals surface area contributed by atoms with Gasteiger partial charge in [0.25, 0.3) is 11.5 Å². The molecule has 3 heterocycles. The predicted molar refractivity (Wildman–Crippen MR) is 93.9 cm³/mol. The molecule has 0 saturated carbocycles. The maximum Gasteiger partial charge on any atom is 0.276 e. The maximum atomic E-state index is 12.2. The smallest absolute Gasteiger partial charge is 0.276 e. The van der Waals surface area contributed by atoms with E-state index in [-0.39, 0.29) is 17.2 Å². The van der Waals surface area contributed by atoms with E-state index < -0.39 is 0 Å². The van der Waals surface area contributed by atoms with Crippen LogP contribution in [0.2, 0.25) is 0 Å². The van der Waals surface area contributed by atoms with Crippen molar-refractivity contribution < 1.29 is 4.79 Å². The highest BCUT2D eigenvalue weighted by Crippen LogP contribution is 2.32. The molecular formula is C16H15N5O2S. The Bertz CT molecular complexity index is 938. The van der Waals surface area contributed by atoms with E-state index in [0.29, 0.717) is 5.69 Å². The molecule has 7 nitrogen and oxygen atoms in total. The van der Waals surface area contributed by atoms with E-state index in [1.165, 1.54) is 25.0 Å². The molecule has 8 heteroatoms. The second-order valence-electron chi connectivity index (χ2n) is 5.63. The largest absolute Gasteiger partial charge is 0.348 e. The highest BCUT2D eigenvalue weighted by atomic mass is 32.1. The van der Waals surface area contributed by atoms with E-state index in [4.69, 9.17) is 0 Å². The van der Waals surface area contributed by atoms with Crippen LogP contribution in [0.3, 0.4) is 0 Å². The minimum atomic E-state index is -0.366. The number of hydrogen-bond donors (Lipinski definition) is 2. The highest BCUT2D eigenvalue weighted by molar-refractivity contribution is 7.22. The zero-order chi connectivity index (χ0) is 16.5. The number of carbonyl (C=O) groups is 1. The lowest BCUT2D eigenvalue weighted by molar-refractivity contribution is 0.102. The van der Waals surface area contributed by atoms with Gasteiger partial charge in [0.2, 0.25) is 0 Å². The quantitative estimate of drug-likeness (QED) is 0.762. The molecule has 1 aliphatic heterocycles. The molecule has 1 aliphatic rings. The van der Waals surface area contributed by atoms with Gasteiger partial charge in [-0.15, -0.1) is 0 Å². The number of aromatic amines is 1. The van der Waals surface area contributed by atoms with Crippen LogP contribution >= 0.6 is 11.3 Å². The van der Waals surface area contributed by atoms with Crippen molar-refractivity contribution in [2.45, 2.75) is 12.8 Å². The number of nitrogens with zero attached hydrogens (tertiary/aromatic N) is 3. The first-order valence-corrected chi connectivity index (χ1v) is 8.53. The summed E-state index contributed by atoms with van der Waals surface area (Å²) in [5.74, 6) is -0.366. The number of nitrogens with one attached hydrogen (secondary N) is 2. The SMILES string of the molecule is O=C(Nc1ccc2nc(N3CCCC3)sc2c1)c1ccc(=O)[nH]n1. The topological polar surface area (TPSA) is 91.0 Å². The van der Waals surface area contributed by atoms with Crippen LogP contribution in [0.1, 0.15) is 23.3 Å². The molecule has 0 unspecified atom stereocenters. The Balaban J connectivity index is 1.56. The number of fused-ring (bicyclic) bond motifs is 1. The van der Waals surface area contributed by atoms with Gasteiger partial charge >= 0.3 is 0 Å². The minimum absolute atomic E-state index is 0.164. The normalized spacial score (nSPS) is 14.2. The number of anilines is 2. The molecule has 1 fully saturated rings. The van der Waals surface area contributed by atoms with Crippen molar-refractivity contribution in [3.05, 3.63) is 46.4 Å². The summed E-state index contributed by atoms with van der Waals surface area (Å²) in [7, 11) is 0.